The van der Waals surface area contributed by atoms with Gasteiger partial charge in [-0.1, -0.05) is 29.3 Å². The van der Waals surface area contributed by atoms with E-state index in [4.69, 9.17) is 19.5 Å². The van der Waals surface area contributed by atoms with Crippen LogP contribution in [0.25, 0.3) is 11.1 Å². The van der Waals surface area contributed by atoms with E-state index in [1.165, 1.54) is 5.01 Å². The van der Waals surface area contributed by atoms with Crippen LogP contribution < -0.4 is 4.74 Å². The summed E-state index contributed by atoms with van der Waals surface area (Å²) in [4.78, 5) is 31.2. The van der Waals surface area contributed by atoms with Gasteiger partial charge in [0.2, 0.25) is 0 Å². The molecule has 0 aliphatic carbocycles. The third-order valence-electron chi connectivity index (χ3n) is 7.94. The van der Waals surface area contributed by atoms with E-state index in [0.29, 0.717) is 82.3 Å². The van der Waals surface area contributed by atoms with E-state index in [2.05, 4.69) is 6.07 Å². The first-order chi connectivity index (χ1) is 19.6. The highest BCUT2D eigenvalue weighted by atomic mass is 16.5. The van der Waals surface area contributed by atoms with Crippen LogP contribution in [0, 0.1) is 11.3 Å². The molecule has 0 unspecified atom stereocenters. The lowest BCUT2D eigenvalue weighted by Gasteiger charge is -2.45. The summed E-state index contributed by atoms with van der Waals surface area (Å²) in [6.07, 6.45) is 2.66. The Hall–Kier alpha value is -3.65. The molecule has 10 nitrogen and oxygen atoms in total. The van der Waals surface area contributed by atoms with Crippen LogP contribution in [0.15, 0.2) is 48.5 Å². The van der Waals surface area contributed by atoms with Crippen molar-refractivity contribution in [2.45, 2.75) is 19.3 Å². The minimum atomic E-state index is -0.221. The number of likely N-dealkylation sites (tertiary alicyclic amines) is 1. The van der Waals surface area contributed by atoms with Gasteiger partial charge in [0.1, 0.15) is 25.4 Å². The molecular weight excluding hydrogens is 510 g/mol. The van der Waals surface area contributed by atoms with E-state index in [-0.39, 0.29) is 12.1 Å². The summed E-state index contributed by atoms with van der Waals surface area (Å²) in [5.41, 5.74) is 2.73. The third-order valence-corrected chi connectivity index (χ3v) is 7.94. The van der Waals surface area contributed by atoms with E-state index in [1.807, 2.05) is 48.5 Å². The van der Waals surface area contributed by atoms with Crippen LogP contribution in [0.1, 0.15) is 24.8 Å². The number of rotatable bonds is 7. The lowest BCUT2D eigenvalue weighted by atomic mass is 10.0. The number of hydrogen-bond donors (Lipinski definition) is 0. The lowest BCUT2D eigenvalue weighted by molar-refractivity contribution is -1.00. The average Bonchev–Trinajstić information content (AvgIpc) is 3.50. The van der Waals surface area contributed by atoms with Crippen LogP contribution in [0.5, 0.6) is 5.75 Å². The van der Waals surface area contributed by atoms with E-state index in [9.17, 15) is 9.59 Å². The molecule has 10 heteroatoms. The maximum absolute atomic E-state index is 13.9. The van der Waals surface area contributed by atoms with Crippen molar-refractivity contribution in [1.29, 1.82) is 5.26 Å². The summed E-state index contributed by atoms with van der Waals surface area (Å²) in [5.74, 6) is 0.774. The Labute approximate surface area is 235 Å². The number of carbonyl (C=O) groups is 2. The Morgan fingerprint density at radius 1 is 0.825 bits per heavy atom. The Kier molecular flexibility index (Phi) is 9.16. The van der Waals surface area contributed by atoms with Crippen molar-refractivity contribution in [1.82, 2.24) is 14.8 Å². The molecule has 2 aromatic carbocycles. The Balaban J connectivity index is 1.24. The molecule has 212 valence electrons. The number of benzene rings is 2. The van der Waals surface area contributed by atoms with Crippen molar-refractivity contribution >= 4 is 12.1 Å². The van der Waals surface area contributed by atoms with Gasteiger partial charge in [-0.3, -0.25) is 0 Å². The van der Waals surface area contributed by atoms with Crippen molar-refractivity contribution in [2.75, 3.05) is 78.8 Å². The molecule has 0 spiro atoms. The van der Waals surface area contributed by atoms with Crippen LogP contribution in [0.3, 0.4) is 0 Å². The Bertz CT molecular complexity index is 1150. The molecule has 0 radical (unpaired) electrons. The number of amides is 4. The lowest BCUT2D eigenvalue weighted by Crippen LogP contribution is -2.69. The normalized spacial score (nSPS) is 18.7. The van der Waals surface area contributed by atoms with Gasteiger partial charge in [0.05, 0.1) is 44.7 Å². The predicted octanol–water partition coefficient (Wildman–Crippen LogP) is 3.73. The van der Waals surface area contributed by atoms with Crippen molar-refractivity contribution in [3.05, 3.63) is 54.1 Å². The van der Waals surface area contributed by atoms with Crippen LogP contribution in [0.2, 0.25) is 0 Å². The van der Waals surface area contributed by atoms with Crippen LogP contribution in [-0.4, -0.2) is 110 Å². The molecular formula is C30H38N5O5+. The molecule has 0 aromatic heterocycles. The van der Waals surface area contributed by atoms with E-state index >= 15 is 0 Å². The number of imide groups is 1. The second kappa shape index (κ2) is 13.1. The highest BCUT2D eigenvalue weighted by Crippen LogP contribution is 2.28. The molecule has 3 saturated heterocycles. The van der Waals surface area contributed by atoms with Gasteiger partial charge in [-0.2, -0.15) is 5.26 Å². The zero-order valence-corrected chi connectivity index (χ0v) is 23.0. The smallest absolute Gasteiger partial charge is 0.374 e. The van der Waals surface area contributed by atoms with Crippen LogP contribution in [0.4, 0.5) is 9.59 Å². The maximum atomic E-state index is 13.9. The standard InChI is InChI=1S/C30H38N5O5/c31-24-25-4-6-26(7-5-25)27-8-10-28(11-9-27)40-19-3-18-35(16-1-2-17-35)34(29(36)32-12-20-38-21-13-32)30(37)33-14-22-39-23-15-33/h4-11H,1-3,12-23H2/q+1. The van der Waals surface area contributed by atoms with Gasteiger partial charge in [-0.05, 0) is 35.4 Å². The number of nitrogens with zero attached hydrogens (tertiary/aromatic N) is 5. The molecule has 3 aliphatic heterocycles. The summed E-state index contributed by atoms with van der Waals surface area (Å²) in [6.45, 7) is 6.58. The number of quaternary nitrogens is 1. The van der Waals surface area contributed by atoms with Gasteiger partial charge in [0.15, 0.2) is 0 Å². The van der Waals surface area contributed by atoms with Crippen molar-refractivity contribution < 1.29 is 28.4 Å². The maximum Gasteiger partial charge on any atom is 0.374 e. The molecule has 4 amide bonds. The van der Waals surface area contributed by atoms with Crippen LogP contribution >= 0.6 is 0 Å². The summed E-state index contributed by atoms with van der Waals surface area (Å²) in [7, 11) is 0. The quantitative estimate of drug-likeness (QED) is 0.387. The highest BCUT2D eigenvalue weighted by molar-refractivity contribution is 5.92. The SMILES string of the molecule is N#Cc1ccc(-c2ccc(OCCC[N+]3(N(C(=O)N4CCOCC4)C(=O)N4CCOCC4)CCCC3)cc2)cc1. The van der Waals surface area contributed by atoms with Crippen molar-refractivity contribution in [3.63, 3.8) is 0 Å². The first-order valence-electron chi connectivity index (χ1n) is 14.2. The molecule has 0 N–H and O–H groups in total. The summed E-state index contributed by atoms with van der Waals surface area (Å²) < 4.78 is 17.3. The summed E-state index contributed by atoms with van der Waals surface area (Å²) >= 11 is 0. The Morgan fingerprint density at radius 3 is 1.82 bits per heavy atom. The van der Waals surface area contributed by atoms with E-state index < -0.39 is 0 Å². The third kappa shape index (κ3) is 6.39. The number of urea groups is 2. The van der Waals surface area contributed by atoms with Gasteiger partial charge in [0, 0.05) is 45.4 Å². The molecule has 0 atom stereocenters. The van der Waals surface area contributed by atoms with Crippen molar-refractivity contribution in [2.24, 2.45) is 0 Å². The largest absolute Gasteiger partial charge is 0.493 e. The van der Waals surface area contributed by atoms with Gasteiger partial charge >= 0.3 is 12.1 Å². The van der Waals surface area contributed by atoms with Gasteiger partial charge in [-0.25, -0.2) is 14.2 Å². The number of nitriles is 1. The Morgan fingerprint density at radius 2 is 1.32 bits per heavy atom. The molecule has 2 aromatic rings. The molecule has 3 aliphatic rings. The minimum absolute atomic E-state index is 0.221. The fraction of sp³-hybridized carbons (Fsp3) is 0.500. The fourth-order valence-corrected chi connectivity index (χ4v) is 5.70. The molecule has 3 heterocycles. The monoisotopic (exact) mass is 548 g/mol. The number of carbonyl (C=O) groups excluding carboxylic acids is 2. The summed E-state index contributed by atoms with van der Waals surface area (Å²) in [5, 5.41) is 10.5. The van der Waals surface area contributed by atoms with Gasteiger partial charge in [0.25, 0.3) is 0 Å². The number of hydrogen-bond acceptors (Lipinski definition) is 6. The zero-order chi connectivity index (χ0) is 27.8. The minimum Gasteiger partial charge on any atom is -0.493 e. The number of ether oxygens (including phenoxy) is 3. The van der Waals surface area contributed by atoms with Gasteiger partial charge in [-0.15, -0.1) is 0 Å². The van der Waals surface area contributed by atoms with E-state index in [1.54, 1.807) is 9.80 Å². The van der Waals surface area contributed by atoms with Crippen molar-refractivity contribution in [3.8, 4) is 22.9 Å². The fourth-order valence-electron chi connectivity index (χ4n) is 5.70. The number of morpholine rings is 2. The highest BCUT2D eigenvalue weighted by Gasteiger charge is 2.49. The molecule has 5 rings (SSSR count). The second-order valence-electron chi connectivity index (χ2n) is 10.5. The first kappa shape index (κ1) is 27.9. The van der Waals surface area contributed by atoms with Crippen LogP contribution in [-0.2, 0) is 9.47 Å². The second-order valence-corrected chi connectivity index (χ2v) is 10.5. The molecule has 40 heavy (non-hydrogen) atoms. The van der Waals surface area contributed by atoms with Gasteiger partial charge < -0.3 is 24.0 Å². The topological polar surface area (TPSA) is 95.3 Å². The van der Waals surface area contributed by atoms with E-state index in [0.717, 1.165) is 42.8 Å². The zero-order valence-electron chi connectivity index (χ0n) is 23.0. The molecule has 3 fully saturated rings. The molecule has 0 bridgehead atoms. The predicted molar refractivity (Wildman–Crippen MR) is 148 cm³/mol. The average molecular weight is 549 g/mol. The first-order valence-corrected chi connectivity index (χ1v) is 14.2. The molecule has 0 saturated carbocycles. The summed E-state index contributed by atoms with van der Waals surface area (Å²) in [6, 6.07) is 17.1.